The zero-order valence-corrected chi connectivity index (χ0v) is 13.9. The number of fused-ring (bicyclic) bond motifs is 1. The van der Waals surface area contributed by atoms with Crippen molar-refractivity contribution in [1.29, 1.82) is 0 Å². The number of amides is 1. The van der Waals surface area contributed by atoms with E-state index in [2.05, 4.69) is 32.9 Å². The second-order valence-corrected chi connectivity index (χ2v) is 6.09. The third-order valence-electron chi connectivity index (χ3n) is 4.27. The minimum absolute atomic E-state index is 0.137. The van der Waals surface area contributed by atoms with Gasteiger partial charge in [0, 0.05) is 23.4 Å². The van der Waals surface area contributed by atoms with Gasteiger partial charge in [0.2, 0.25) is 0 Å². The maximum absolute atomic E-state index is 12.5. The van der Waals surface area contributed by atoms with Crippen LogP contribution in [0, 0.1) is 6.92 Å². The molecular weight excluding hydrogens is 316 g/mol. The van der Waals surface area contributed by atoms with Gasteiger partial charge in [-0.05, 0) is 67.4 Å². The molecule has 1 aliphatic rings. The quantitative estimate of drug-likeness (QED) is 0.770. The van der Waals surface area contributed by atoms with Crippen LogP contribution in [0.25, 0.3) is 11.5 Å². The van der Waals surface area contributed by atoms with Gasteiger partial charge in [-0.15, -0.1) is 0 Å². The molecule has 0 unspecified atom stereocenters. The van der Waals surface area contributed by atoms with Gasteiger partial charge in [0.05, 0.1) is 0 Å². The van der Waals surface area contributed by atoms with Crippen LogP contribution in [0.4, 0.5) is 5.69 Å². The van der Waals surface area contributed by atoms with E-state index in [9.17, 15) is 4.79 Å². The highest BCUT2D eigenvalue weighted by molar-refractivity contribution is 6.04. The van der Waals surface area contributed by atoms with Crippen LogP contribution < -0.4 is 10.6 Å². The molecule has 0 bridgehead atoms. The number of nitrogens with zero attached hydrogens (tertiary/aromatic N) is 2. The first kappa shape index (κ1) is 15.5. The molecule has 0 atom stereocenters. The van der Waals surface area contributed by atoms with Gasteiger partial charge in [-0.25, -0.2) is 0 Å². The normalized spacial score (nSPS) is 13.3. The largest absolute Gasteiger partial charge is 0.334 e. The summed E-state index contributed by atoms with van der Waals surface area (Å²) < 4.78 is 5.13. The summed E-state index contributed by atoms with van der Waals surface area (Å²) in [7, 11) is 0. The Bertz CT molecular complexity index is 915. The van der Waals surface area contributed by atoms with Crippen LogP contribution in [-0.2, 0) is 13.0 Å². The highest BCUT2D eigenvalue weighted by Gasteiger charge is 2.12. The highest BCUT2D eigenvalue weighted by Crippen LogP contribution is 2.21. The fraction of sp³-hybridized carbons (Fsp3) is 0.211. The fourth-order valence-corrected chi connectivity index (χ4v) is 2.94. The van der Waals surface area contributed by atoms with Gasteiger partial charge in [-0.3, -0.25) is 4.79 Å². The average molecular weight is 334 g/mol. The van der Waals surface area contributed by atoms with Crippen molar-refractivity contribution in [2.24, 2.45) is 0 Å². The molecular formula is C19H18N4O2. The lowest BCUT2D eigenvalue weighted by atomic mass is 10.0. The van der Waals surface area contributed by atoms with E-state index >= 15 is 0 Å². The lowest BCUT2D eigenvalue weighted by Gasteiger charge is -2.18. The summed E-state index contributed by atoms with van der Waals surface area (Å²) >= 11 is 0. The number of hydrogen-bond donors (Lipinski definition) is 2. The molecule has 1 amide bonds. The van der Waals surface area contributed by atoms with Crippen LogP contribution in [-0.4, -0.2) is 22.6 Å². The maximum atomic E-state index is 12.5. The Balaban J connectivity index is 1.49. The van der Waals surface area contributed by atoms with Crippen molar-refractivity contribution < 1.29 is 9.32 Å². The third kappa shape index (κ3) is 3.29. The van der Waals surface area contributed by atoms with E-state index in [-0.39, 0.29) is 5.91 Å². The molecule has 6 nitrogen and oxygen atoms in total. The first-order chi connectivity index (χ1) is 12.2. The molecule has 2 heterocycles. The molecule has 0 spiro atoms. The SMILES string of the molecule is Cc1noc(-c2ccc(C(=O)Nc3ccc4c(c3)CCNC4)cc2)n1. The molecule has 1 aliphatic heterocycles. The van der Waals surface area contributed by atoms with Gasteiger partial charge in [-0.2, -0.15) is 4.98 Å². The van der Waals surface area contributed by atoms with Crippen molar-refractivity contribution in [3.63, 3.8) is 0 Å². The standard InChI is InChI=1S/C19H18N4O2/c1-12-21-19(25-23-12)14-4-2-13(3-5-14)18(24)22-17-7-6-16-11-20-9-8-15(16)10-17/h2-7,10,20H,8-9,11H2,1H3,(H,22,24). The first-order valence-corrected chi connectivity index (χ1v) is 8.24. The zero-order valence-electron chi connectivity index (χ0n) is 13.9. The molecule has 2 aromatic carbocycles. The minimum Gasteiger partial charge on any atom is -0.334 e. The van der Waals surface area contributed by atoms with E-state index in [0.717, 1.165) is 30.8 Å². The monoisotopic (exact) mass is 334 g/mol. The lowest BCUT2D eigenvalue weighted by molar-refractivity contribution is 0.102. The van der Waals surface area contributed by atoms with Crippen molar-refractivity contribution in [1.82, 2.24) is 15.5 Å². The second-order valence-electron chi connectivity index (χ2n) is 6.09. The molecule has 0 radical (unpaired) electrons. The lowest BCUT2D eigenvalue weighted by Crippen LogP contribution is -2.23. The number of nitrogens with one attached hydrogen (secondary N) is 2. The number of aryl methyl sites for hydroxylation is 1. The highest BCUT2D eigenvalue weighted by atomic mass is 16.5. The molecule has 126 valence electrons. The summed E-state index contributed by atoms with van der Waals surface area (Å²) in [5, 5.41) is 10.1. The van der Waals surface area contributed by atoms with E-state index in [1.807, 2.05) is 6.07 Å². The van der Waals surface area contributed by atoms with E-state index in [4.69, 9.17) is 4.52 Å². The van der Waals surface area contributed by atoms with E-state index in [1.54, 1.807) is 31.2 Å². The van der Waals surface area contributed by atoms with E-state index < -0.39 is 0 Å². The Hall–Kier alpha value is -2.99. The summed E-state index contributed by atoms with van der Waals surface area (Å²) in [5.41, 5.74) is 4.78. The van der Waals surface area contributed by atoms with Gasteiger partial charge in [0.1, 0.15) is 0 Å². The van der Waals surface area contributed by atoms with Gasteiger partial charge < -0.3 is 15.2 Å². The van der Waals surface area contributed by atoms with Crippen LogP contribution in [0.1, 0.15) is 27.3 Å². The molecule has 2 N–H and O–H groups in total. The second kappa shape index (κ2) is 6.49. The number of anilines is 1. The molecule has 0 fully saturated rings. The Labute approximate surface area is 145 Å². The Morgan fingerprint density at radius 2 is 2.00 bits per heavy atom. The molecule has 0 aliphatic carbocycles. The zero-order chi connectivity index (χ0) is 17.2. The van der Waals surface area contributed by atoms with Gasteiger partial charge >= 0.3 is 0 Å². The van der Waals surface area contributed by atoms with Crippen molar-refractivity contribution in [3.05, 3.63) is 65.0 Å². The average Bonchev–Trinajstić information content (AvgIpc) is 3.08. The van der Waals surface area contributed by atoms with E-state index in [0.29, 0.717) is 17.3 Å². The van der Waals surface area contributed by atoms with Crippen LogP contribution in [0.3, 0.4) is 0 Å². The fourth-order valence-electron chi connectivity index (χ4n) is 2.94. The Morgan fingerprint density at radius 3 is 2.76 bits per heavy atom. The minimum atomic E-state index is -0.137. The van der Waals surface area contributed by atoms with Crippen molar-refractivity contribution >= 4 is 11.6 Å². The smallest absolute Gasteiger partial charge is 0.257 e. The summed E-state index contributed by atoms with van der Waals surface area (Å²) in [6, 6.07) is 13.2. The molecule has 1 aromatic heterocycles. The van der Waals surface area contributed by atoms with Crippen LogP contribution in [0.15, 0.2) is 47.0 Å². The van der Waals surface area contributed by atoms with Gasteiger partial charge in [-0.1, -0.05) is 11.2 Å². The summed E-state index contributed by atoms with van der Waals surface area (Å²) in [6.45, 7) is 3.63. The molecule has 3 aromatic rings. The predicted molar refractivity (Wildman–Crippen MR) is 94.3 cm³/mol. The summed E-state index contributed by atoms with van der Waals surface area (Å²) in [5.74, 6) is 0.898. The maximum Gasteiger partial charge on any atom is 0.257 e. The van der Waals surface area contributed by atoms with Crippen LogP contribution >= 0.6 is 0 Å². The number of benzene rings is 2. The Kier molecular flexibility index (Phi) is 4.03. The molecule has 4 rings (SSSR count). The molecule has 25 heavy (non-hydrogen) atoms. The van der Waals surface area contributed by atoms with E-state index in [1.165, 1.54) is 11.1 Å². The van der Waals surface area contributed by atoms with Crippen molar-refractivity contribution in [3.8, 4) is 11.5 Å². The third-order valence-corrected chi connectivity index (χ3v) is 4.27. The number of carbonyl (C=O) groups is 1. The van der Waals surface area contributed by atoms with Gasteiger partial charge in [0.15, 0.2) is 5.82 Å². The van der Waals surface area contributed by atoms with Crippen LogP contribution in [0.5, 0.6) is 0 Å². The number of carbonyl (C=O) groups excluding carboxylic acids is 1. The molecule has 0 saturated carbocycles. The van der Waals surface area contributed by atoms with Gasteiger partial charge in [0.25, 0.3) is 11.8 Å². The van der Waals surface area contributed by atoms with Crippen molar-refractivity contribution in [2.75, 3.05) is 11.9 Å². The van der Waals surface area contributed by atoms with Crippen molar-refractivity contribution in [2.45, 2.75) is 19.9 Å². The summed E-state index contributed by atoms with van der Waals surface area (Å²) in [4.78, 5) is 16.6. The summed E-state index contributed by atoms with van der Waals surface area (Å²) in [6.07, 6.45) is 0.983. The molecule has 0 saturated heterocycles. The first-order valence-electron chi connectivity index (χ1n) is 8.24. The molecule has 6 heteroatoms. The van der Waals surface area contributed by atoms with Crippen LogP contribution in [0.2, 0.25) is 0 Å². The number of rotatable bonds is 3. The number of aromatic nitrogens is 2. The number of hydrogen-bond acceptors (Lipinski definition) is 5. The predicted octanol–water partition coefficient (Wildman–Crippen LogP) is 2.94. The topological polar surface area (TPSA) is 80.0 Å². The Morgan fingerprint density at radius 1 is 1.16 bits per heavy atom.